The van der Waals surface area contributed by atoms with Gasteiger partial charge in [0.1, 0.15) is 18.6 Å². The first-order valence-electron chi connectivity index (χ1n) is 11.2. The van der Waals surface area contributed by atoms with Crippen LogP contribution in [0.25, 0.3) is 10.8 Å². The molecule has 1 saturated heterocycles. The Morgan fingerprint density at radius 2 is 1.88 bits per heavy atom. The highest BCUT2D eigenvalue weighted by atomic mass is 32.2. The van der Waals surface area contributed by atoms with Crippen molar-refractivity contribution < 1.29 is 19.4 Å². The lowest BCUT2D eigenvalue weighted by molar-refractivity contribution is -0.146. The molecule has 0 aliphatic carbocycles. The summed E-state index contributed by atoms with van der Waals surface area (Å²) in [7, 11) is 0. The van der Waals surface area contributed by atoms with Crippen LogP contribution in [0.2, 0.25) is 0 Å². The lowest BCUT2D eigenvalue weighted by Crippen LogP contribution is -2.49. The van der Waals surface area contributed by atoms with Gasteiger partial charge in [-0.2, -0.15) is 4.41 Å². The Morgan fingerprint density at radius 1 is 1.12 bits per heavy atom. The number of carbonyl (C=O) groups excluding carboxylic acids is 1. The first-order valence-corrected chi connectivity index (χ1v) is 12.0. The van der Waals surface area contributed by atoms with Gasteiger partial charge in [0.25, 0.3) is 0 Å². The lowest BCUT2D eigenvalue weighted by Gasteiger charge is -2.37. The first kappa shape index (κ1) is 23.4. The van der Waals surface area contributed by atoms with Gasteiger partial charge in [0, 0.05) is 11.4 Å². The zero-order chi connectivity index (χ0) is 23.0. The largest absolute Gasteiger partial charge is 0.481 e. The van der Waals surface area contributed by atoms with Crippen molar-refractivity contribution in [2.24, 2.45) is 0 Å². The van der Waals surface area contributed by atoms with E-state index in [1.54, 1.807) is 4.41 Å². The minimum absolute atomic E-state index is 0.201. The Morgan fingerprint density at radius 3 is 2.67 bits per heavy atom. The van der Waals surface area contributed by atoms with E-state index in [1.165, 1.54) is 28.3 Å². The third kappa shape index (κ3) is 6.00. The van der Waals surface area contributed by atoms with Crippen molar-refractivity contribution in [3.8, 4) is 0 Å². The van der Waals surface area contributed by atoms with Crippen molar-refractivity contribution in [2.75, 3.05) is 13.2 Å². The number of hydrogen-bond acceptors (Lipinski definition) is 6. The summed E-state index contributed by atoms with van der Waals surface area (Å²) in [6.45, 7) is 1.26. The summed E-state index contributed by atoms with van der Waals surface area (Å²) in [5.41, 5.74) is 1.24. The van der Waals surface area contributed by atoms with Gasteiger partial charge in [0.05, 0.1) is 13.0 Å². The number of ether oxygens (including phenoxy) is 1. The molecule has 1 fully saturated rings. The first-order chi connectivity index (χ1) is 16.2. The number of carbonyl (C=O) groups is 2. The Hall–Kier alpha value is -2.71. The second-order valence-corrected chi connectivity index (χ2v) is 9.06. The summed E-state index contributed by atoms with van der Waals surface area (Å²) in [5.74, 6) is -1.00. The smallest absolute Gasteiger partial charge is 0.305 e. The summed E-state index contributed by atoms with van der Waals surface area (Å²) in [4.78, 5) is 24.2. The predicted molar refractivity (Wildman–Crippen MR) is 130 cm³/mol. The SMILES string of the molecule is O=CC(CC(=O)O)N(Sc1ccccc1)N1CCC[C@@H]1OCCc1cccc2ccccc12. The number of aliphatic carboxylic acids is 1. The standard InChI is InChI=1S/C26H28N2O4S/c29-19-22(18-26(30)31)28(33-23-11-2-1-3-12-23)27-16-7-14-25(27)32-17-15-21-10-6-9-20-8-4-5-13-24(20)21/h1-6,8-13,19,22,25H,7,14-18H2,(H,30,31)/t22?,25-/m0/s1. The van der Waals surface area contributed by atoms with Crippen molar-refractivity contribution in [3.63, 3.8) is 0 Å². The molecule has 0 amide bonds. The maximum atomic E-state index is 11.9. The van der Waals surface area contributed by atoms with Gasteiger partial charge in [-0.15, -0.1) is 0 Å². The molecule has 0 saturated carbocycles. The van der Waals surface area contributed by atoms with E-state index < -0.39 is 12.0 Å². The molecule has 3 aromatic rings. The van der Waals surface area contributed by atoms with Crippen LogP contribution < -0.4 is 0 Å². The summed E-state index contributed by atoms with van der Waals surface area (Å²) >= 11 is 1.38. The molecule has 1 aliphatic rings. The van der Waals surface area contributed by atoms with E-state index >= 15 is 0 Å². The molecule has 1 aliphatic heterocycles. The molecular formula is C26H28N2O4S. The van der Waals surface area contributed by atoms with Crippen LogP contribution in [0.15, 0.2) is 77.7 Å². The normalized spacial score (nSPS) is 17.4. The van der Waals surface area contributed by atoms with Crippen molar-refractivity contribution in [3.05, 3.63) is 78.4 Å². The zero-order valence-corrected chi connectivity index (χ0v) is 19.2. The van der Waals surface area contributed by atoms with Crippen molar-refractivity contribution in [1.29, 1.82) is 0 Å². The van der Waals surface area contributed by atoms with E-state index in [4.69, 9.17) is 4.74 Å². The molecule has 4 rings (SSSR count). The van der Waals surface area contributed by atoms with Crippen LogP contribution >= 0.6 is 11.9 Å². The number of fused-ring (bicyclic) bond motifs is 1. The molecule has 0 bridgehead atoms. The third-order valence-corrected chi connectivity index (χ3v) is 6.90. The fourth-order valence-electron chi connectivity index (χ4n) is 4.19. The van der Waals surface area contributed by atoms with E-state index in [0.717, 1.165) is 30.4 Å². The summed E-state index contributed by atoms with van der Waals surface area (Å²) in [6, 6.07) is 23.5. The van der Waals surface area contributed by atoms with Gasteiger partial charge in [-0.3, -0.25) is 4.79 Å². The molecule has 6 nitrogen and oxygen atoms in total. The molecule has 1 unspecified atom stereocenters. The van der Waals surface area contributed by atoms with E-state index in [9.17, 15) is 14.7 Å². The van der Waals surface area contributed by atoms with Crippen molar-refractivity contribution in [1.82, 2.24) is 9.42 Å². The minimum Gasteiger partial charge on any atom is -0.481 e. The van der Waals surface area contributed by atoms with Crippen LogP contribution in [0.5, 0.6) is 0 Å². The number of benzene rings is 3. The highest BCUT2D eigenvalue weighted by Gasteiger charge is 2.36. The van der Waals surface area contributed by atoms with E-state index in [0.29, 0.717) is 13.2 Å². The van der Waals surface area contributed by atoms with Gasteiger partial charge in [-0.05, 0) is 59.7 Å². The van der Waals surface area contributed by atoms with Crippen molar-refractivity contribution >= 4 is 35.0 Å². The number of rotatable bonds is 11. The van der Waals surface area contributed by atoms with Crippen LogP contribution in [0.1, 0.15) is 24.8 Å². The molecule has 172 valence electrons. The molecule has 7 heteroatoms. The summed E-state index contributed by atoms with van der Waals surface area (Å²) in [6.07, 6.45) is 2.79. The molecule has 0 spiro atoms. The third-order valence-electron chi connectivity index (χ3n) is 5.75. The molecular weight excluding hydrogens is 436 g/mol. The van der Waals surface area contributed by atoms with Crippen LogP contribution in [0.3, 0.4) is 0 Å². The predicted octanol–water partition coefficient (Wildman–Crippen LogP) is 4.79. The molecule has 1 N–H and O–H groups in total. The van der Waals surface area contributed by atoms with Gasteiger partial charge in [-0.1, -0.05) is 60.7 Å². The number of carboxylic acid groups (broad SMARTS) is 1. The Balaban J connectivity index is 1.47. The molecule has 1 heterocycles. The zero-order valence-electron chi connectivity index (χ0n) is 18.4. The molecule has 2 atom stereocenters. The number of nitrogens with zero attached hydrogens (tertiary/aromatic N) is 2. The fraction of sp³-hybridized carbons (Fsp3) is 0.308. The monoisotopic (exact) mass is 464 g/mol. The van der Waals surface area contributed by atoms with E-state index in [1.807, 2.05) is 47.5 Å². The maximum absolute atomic E-state index is 11.9. The highest BCUT2D eigenvalue weighted by molar-refractivity contribution is 7.97. The maximum Gasteiger partial charge on any atom is 0.305 e. The fourth-order valence-corrected chi connectivity index (χ4v) is 5.23. The average molecular weight is 465 g/mol. The van der Waals surface area contributed by atoms with Crippen LogP contribution in [0, 0.1) is 0 Å². The second-order valence-electron chi connectivity index (χ2n) is 8.03. The number of carboxylic acids is 1. The molecule has 3 aromatic carbocycles. The quantitative estimate of drug-likeness (QED) is 0.323. The van der Waals surface area contributed by atoms with Gasteiger partial charge in [-0.25, -0.2) is 5.01 Å². The molecule has 33 heavy (non-hydrogen) atoms. The Kier molecular flexibility index (Phi) is 8.12. The van der Waals surface area contributed by atoms with Gasteiger partial charge in [0.2, 0.25) is 0 Å². The summed E-state index contributed by atoms with van der Waals surface area (Å²) < 4.78 is 8.09. The number of hydrogen-bond donors (Lipinski definition) is 1. The summed E-state index contributed by atoms with van der Waals surface area (Å²) in [5, 5.41) is 13.8. The van der Waals surface area contributed by atoms with Crippen LogP contribution in [-0.4, -0.2) is 52.2 Å². The number of aldehydes is 1. The number of hydrazine groups is 1. The van der Waals surface area contributed by atoms with Crippen molar-refractivity contribution in [2.45, 2.75) is 42.8 Å². The Bertz CT molecular complexity index is 1070. The Labute approximate surface area is 198 Å². The van der Waals surface area contributed by atoms with Gasteiger partial charge < -0.3 is 14.6 Å². The minimum atomic E-state index is -1.00. The topological polar surface area (TPSA) is 70.1 Å². The van der Waals surface area contributed by atoms with Gasteiger partial charge >= 0.3 is 5.97 Å². The van der Waals surface area contributed by atoms with Crippen LogP contribution in [0.4, 0.5) is 0 Å². The van der Waals surface area contributed by atoms with E-state index in [-0.39, 0.29) is 12.6 Å². The molecule has 0 radical (unpaired) electrons. The van der Waals surface area contributed by atoms with Gasteiger partial charge in [0.15, 0.2) is 0 Å². The molecule has 0 aromatic heterocycles. The lowest BCUT2D eigenvalue weighted by atomic mass is 10.0. The highest BCUT2D eigenvalue weighted by Crippen LogP contribution is 2.33. The van der Waals surface area contributed by atoms with E-state index in [2.05, 4.69) is 30.3 Å². The average Bonchev–Trinajstić information content (AvgIpc) is 3.30. The van der Waals surface area contributed by atoms with Crippen LogP contribution in [-0.2, 0) is 20.7 Å². The second kappa shape index (κ2) is 11.4.